The van der Waals surface area contributed by atoms with E-state index in [2.05, 4.69) is 21.4 Å². The first kappa shape index (κ1) is 4.49. The third-order valence-corrected chi connectivity index (χ3v) is 1.16. The maximum atomic E-state index is 3.90. The second kappa shape index (κ2) is 1.55. The topological polar surface area (TPSA) is 41.6 Å². The minimum Gasteiger partial charge on any atom is -0.275 e. The SMILES string of the molecule is [c]1[nH]nc2ccncc12. The molecule has 2 rings (SSSR count). The average molecular weight is 118 g/mol. The van der Waals surface area contributed by atoms with Crippen molar-refractivity contribution in [2.24, 2.45) is 0 Å². The highest BCUT2D eigenvalue weighted by Crippen LogP contribution is 2.04. The third kappa shape index (κ3) is 0.579. The molecule has 0 saturated heterocycles. The quantitative estimate of drug-likeness (QED) is 0.554. The summed E-state index contributed by atoms with van der Waals surface area (Å²) < 4.78 is 0. The lowest BCUT2D eigenvalue weighted by Gasteiger charge is -1.79. The maximum Gasteiger partial charge on any atom is 0.0958 e. The predicted molar refractivity (Wildman–Crippen MR) is 32.7 cm³/mol. The molecule has 0 atom stereocenters. The Morgan fingerprint density at radius 2 is 2.56 bits per heavy atom. The van der Waals surface area contributed by atoms with Crippen LogP contribution in [0.25, 0.3) is 10.9 Å². The molecule has 1 N–H and O–H groups in total. The molecule has 9 heavy (non-hydrogen) atoms. The average Bonchev–Trinajstić information content (AvgIpc) is 2.33. The van der Waals surface area contributed by atoms with Gasteiger partial charge in [0.05, 0.1) is 11.7 Å². The molecular weight excluding hydrogens is 114 g/mol. The van der Waals surface area contributed by atoms with Crippen molar-refractivity contribution in [2.75, 3.05) is 0 Å². The van der Waals surface area contributed by atoms with Crippen molar-refractivity contribution in [1.82, 2.24) is 15.2 Å². The standard InChI is InChI=1S/C6H4N3/c1-2-7-3-5-4-8-9-6(1)5/h1-3H,(H,8,9). The molecule has 0 saturated carbocycles. The molecule has 0 aliphatic carbocycles. The van der Waals surface area contributed by atoms with E-state index in [1.165, 1.54) is 0 Å². The molecule has 2 aromatic heterocycles. The molecule has 2 aromatic rings. The van der Waals surface area contributed by atoms with Crippen LogP contribution in [0.15, 0.2) is 18.5 Å². The van der Waals surface area contributed by atoms with Gasteiger partial charge < -0.3 is 0 Å². The number of aromatic amines is 1. The molecule has 0 fully saturated rings. The largest absolute Gasteiger partial charge is 0.275 e. The van der Waals surface area contributed by atoms with E-state index >= 15 is 0 Å². The normalized spacial score (nSPS) is 10.2. The lowest BCUT2D eigenvalue weighted by molar-refractivity contribution is 1.11. The molecule has 3 heteroatoms. The van der Waals surface area contributed by atoms with Gasteiger partial charge in [-0.25, -0.2) is 0 Å². The molecule has 3 nitrogen and oxygen atoms in total. The van der Waals surface area contributed by atoms with E-state index in [9.17, 15) is 0 Å². The van der Waals surface area contributed by atoms with Crippen LogP contribution >= 0.6 is 0 Å². The Morgan fingerprint density at radius 3 is 3.44 bits per heavy atom. The summed E-state index contributed by atoms with van der Waals surface area (Å²) in [4.78, 5) is 3.89. The third-order valence-electron chi connectivity index (χ3n) is 1.16. The van der Waals surface area contributed by atoms with Gasteiger partial charge in [0.25, 0.3) is 0 Å². The van der Waals surface area contributed by atoms with Crippen LogP contribution in [0.1, 0.15) is 0 Å². The van der Waals surface area contributed by atoms with Crippen LogP contribution in [0, 0.1) is 6.20 Å². The van der Waals surface area contributed by atoms with E-state index < -0.39 is 0 Å². The number of H-pyrrole nitrogens is 1. The Bertz CT molecular complexity index is 282. The van der Waals surface area contributed by atoms with Crippen molar-refractivity contribution in [3.05, 3.63) is 24.7 Å². The van der Waals surface area contributed by atoms with Gasteiger partial charge in [-0.3, -0.25) is 10.1 Å². The molecular formula is C6H4N3. The van der Waals surface area contributed by atoms with E-state index in [-0.39, 0.29) is 0 Å². The summed E-state index contributed by atoms with van der Waals surface area (Å²) in [5.41, 5.74) is 0.907. The molecule has 1 radical (unpaired) electrons. The summed E-state index contributed by atoms with van der Waals surface area (Å²) in [5.74, 6) is 0. The zero-order valence-corrected chi connectivity index (χ0v) is 4.63. The molecule has 43 valence electrons. The summed E-state index contributed by atoms with van der Waals surface area (Å²) in [6.45, 7) is 0. The number of nitrogens with zero attached hydrogens (tertiary/aromatic N) is 2. The number of fused-ring (bicyclic) bond motifs is 1. The fourth-order valence-electron chi connectivity index (χ4n) is 0.729. The smallest absolute Gasteiger partial charge is 0.0958 e. The van der Waals surface area contributed by atoms with Crippen molar-refractivity contribution in [3.8, 4) is 0 Å². The highest BCUT2D eigenvalue weighted by molar-refractivity contribution is 5.75. The Hall–Kier alpha value is -1.38. The van der Waals surface area contributed by atoms with Gasteiger partial charge in [-0.05, 0) is 6.07 Å². The number of pyridine rings is 1. The van der Waals surface area contributed by atoms with Gasteiger partial charge >= 0.3 is 0 Å². The van der Waals surface area contributed by atoms with Crippen LogP contribution in [-0.4, -0.2) is 15.2 Å². The van der Waals surface area contributed by atoms with Crippen LogP contribution < -0.4 is 0 Å². The summed E-state index contributed by atoms with van der Waals surface area (Å²) >= 11 is 0. The van der Waals surface area contributed by atoms with Gasteiger partial charge in [0.2, 0.25) is 0 Å². The molecule has 0 unspecified atom stereocenters. The van der Waals surface area contributed by atoms with Gasteiger partial charge in [0.1, 0.15) is 0 Å². The van der Waals surface area contributed by atoms with Gasteiger partial charge in [-0.15, -0.1) is 0 Å². The van der Waals surface area contributed by atoms with E-state index in [1.54, 1.807) is 12.4 Å². The van der Waals surface area contributed by atoms with Gasteiger partial charge in [0, 0.05) is 17.8 Å². The van der Waals surface area contributed by atoms with Crippen LogP contribution in [0.4, 0.5) is 0 Å². The Balaban J connectivity index is 2.95. The minimum absolute atomic E-state index is 0.907. The first-order valence-electron chi connectivity index (χ1n) is 2.62. The van der Waals surface area contributed by atoms with Crippen LogP contribution in [-0.2, 0) is 0 Å². The summed E-state index contributed by atoms with van der Waals surface area (Å²) in [7, 11) is 0. The molecule has 0 aliphatic heterocycles. The van der Waals surface area contributed by atoms with E-state index in [4.69, 9.17) is 0 Å². The number of rotatable bonds is 0. The molecule has 2 heterocycles. The lowest BCUT2D eigenvalue weighted by atomic mass is 10.3. The van der Waals surface area contributed by atoms with Crippen molar-refractivity contribution >= 4 is 10.9 Å². The minimum atomic E-state index is 0.907. The first-order chi connectivity index (χ1) is 4.47. The van der Waals surface area contributed by atoms with Crippen LogP contribution in [0.5, 0.6) is 0 Å². The fraction of sp³-hybridized carbons (Fsp3) is 0. The van der Waals surface area contributed by atoms with Crippen LogP contribution in [0.2, 0.25) is 0 Å². The molecule has 0 spiro atoms. The lowest BCUT2D eigenvalue weighted by Crippen LogP contribution is -1.68. The molecule has 0 bridgehead atoms. The fourth-order valence-corrected chi connectivity index (χ4v) is 0.729. The summed E-state index contributed by atoms with van der Waals surface area (Å²) in [6, 6.07) is 1.84. The second-order valence-corrected chi connectivity index (χ2v) is 1.74. The van der Waals surface area contributed by atoms with Gasteiger partial charge in [-0.2, -0.15) is 5.10 Å². The second-order valence-electron chi connectivity index (χ2n) is 1.74. The maximum absolute atomic E-state index is 3.90. The number of hydrogen-bond acceptors (Lipinski definition) is 2. The van der Waals surface area contributed by atoms with E-state index in [0.717, 1.165) is 10.9 Å². The zero-order chi connectivity index (χ0) is 6.10. The Labute approximate surface area is 51.7 Å². The van der Waals surface area contributed by atoms with Crippen molar-refractivity contribution in [1.29, 1.82) is 0 Å². The highest BCUT2D eigenvalue weighted by atomic mass is 15.1. The van der Waals surface area contributed by atoms with Crippen LogP contribution in [0.3, 0.4) is 0 Å². The first-order valence-corrected chi connectivity index (χ1v) is 2.62. The Morgan fingerprint density at radius 1 is 1.56 bits per heavy atom. The predicted octanol–water partition coefficient (Wildman–Crippen LogP) is 0.758. The molecule has 0 aliphatic rings. The summed E-state index contributed by atoms with van der Waals surface area (Å²) in [6.07, 6.45) is 6.25. The molecule has 0 amide bonds. The molecule has 0 aromatic carbocycles. The number of hydrogen-bond donors (Lipinski definition) is 1. The monoisotopic (exact) mass is 118 g/mol. The number of aromatic nitrogens is 3. The zero-order valence-electron chi connectivity index (χ0n) is 4.63. The van der Waals surface area contributed by atoms with Crippen molar-refractivity contribution < 1.29 is 0 Å². The van der Waals surface area contributed by atoms with Crippen molar-refractivity contribution in [3.63, 3.8) is 0 Å². The highest BCUT2D eigenvalue weighted by Gasteiger charge is 1.90. The van der Waals surface area contributed by atoms with E-state index in [0.29, 0.717) is 0 Å². The Kier molecular flexibility index (Phi) is 0.773. The van der Waals surface area contributed by atoms with Crippen molar-refractivity contribution in [2.45, 2.75) is 0 Å². The van der Waals surface area contributed by atoms with Gasteiger partial charge in [0.15, 0.2) is 0 Å². The van der Waals surface area contributed by atoms with E-state index in [1.807, 2.05) is 6.07 Å². The summed E-state index contributed by atoms with van der Waals surface area (Å²) in [5, 5.41) is 7.45. The van der Waals surface area contributed by atoms with Gasteiger partial charge in [-0.1, -0.05) is 0 Å². The number of nitrogens with one attached hydrogen (secondary N) is 1.